The number of benzene rings is 3. The fraction of sp³-hybridized carbons (Fsp3) is 0.0500. The van der Waals surface area contributed by atoms with Gasteiger partial charge in [-0.1, -0.05) is 30.3 Å². The third-order valence-corrected chi connectivity index (χ3v) is 5.74. The van der Waals surface area contributed by atoms with Crippen LogP contribution >= 0.6 is 0 Å². The zero-order valence-corrected chi connectivity index (χ0v) is 15.0. The second-order valence-corrected chi connectivity index (χ2v) is 7.59. The molecule has 3 rings (SSSR count). The zero-order chi connectivity index (χ0) is 18.6. The lowest BCUT2D eigenvalue weighted by Crippen LogP contribution is -2.14. The Morgan fingerprint density at radius 2 is 1.38 bits per heavy atom. The molecule has 0 aromatic heterocycles. The van der Waals surface area contributed by atoms with Gasteiger partial charge in [-0.05, 0) is 48.5 Å². The first-order valence-electron chi connectivity index (χ1n) is 8.05. The Hall–Kier alpha value is -3.12. The molecule has 0 aliphatic carbocycles. The molecule has 0 amide bonds. The lowest BCUT2D eigenvalue weighted by atomic mass is 10.1. The van der Waals surface area contributed by atoms with Gasteiger partial charge in [-0.15, -0.1) is 0 Å². The highest BCUT2D eigenvalue weighted by Crippen LogP contribution is 2.23. The van der Waals surface area contributed by atoms with Crippen LogP contribution in [0.3, 0.4) is 0 Å². The molecule has 26 heavy (non-hydrogen) atoms. The van der Waals surface area contributed by atoms with Crippen LogP contribution in [0.1, 0.15) is 5.56 Å². The van der Waals surface area contributed by atoms with Crippen LogP contribution in [0.25, 0.3) is 0 Å². The molecule has 0 atom stereocenters. The quantitative estimate of drug-likeness (QED) is 0.471. The molecule has 0 aliphatic heterocycles. The highest BCUT2D eigenvalue weighted by molar-refractivity contribution is 7.91. The van der Waals surface area contributed by atoms with E-state index in [1.807, 2.05) is 24.3 Å². The second-order valence-electron chi connectivity index (χ2n) is 5.64. The molecule has 0 bridgehead atoms. The first-order chi connectivity index (χ1) is 12.5. The van der Waals surface area contributed by atoms with Gasteiger partial charge in [-0.3, -0.25) is 5.41 Å². The van der Waals surface area contributed by atoms with Gasteiger partial charge in [0.25, 0.3) is 0 Å². The number of hydrogen-bond donors (Lipinski definition) is 3. The molecule has 0 saturated carbocycles. The van der Waals surface area contributed by atoms with E-state index in [-0.39, 0.29) is 15.6 Å². The van der Waals surface area contributed by atoms with Gasteiger partial charge in [0.1, 0.15) is 5.84 Å². The SMILES string of the molecule is CNc1ccccc1C(=N)Nc1ccc(S(=O)(=O)c2ccccc2)cc1. The molecule has 6 heteroatoms. The Bertz CT molecular complexity index is 1010. The van der Waals surface area contributed by atoms with E-state index in [2.05, 4.69) is 10.6 Å². The largest absolute Gasteiger partial charge is 0.388 e. The summed E-state index contributed by atoms with van der Waals surface area (Å²) < 4.78 is 25.2. The molecule has 3 N–H and O–H groups in total. The van der Waals surface area contributed by atoms with E-state index in [1.165, 1.54) is 0 Å². The van der Waals surface area contributed by atoms with E-state index in [4.69, 9.17) is 5.41 Å². The van der Waals surface area contributed by atoms with Crippen LogP contribution in [0.2, 0.25) is 0 Å². The Labute approximate surface area is 153 Å². The van der Waals surface area contributed by atoms with Crippen LogP contribution in [0, 0.1) is 5.41 Å². The van der Waals surface area contributed by atoms with Gasteiger partial charge in [0.05, 0.1) is 9.79 Å². The molecule has 0 heterocycles. The summed E-state index contributed by atoms with van der Waals surface area (Å²) in [5, 5.41) is 14.3. The molecule has 3 aromatic carbocycles. The number of hydrogen-bond acceptors (Lipinski definition) is 4. The number of nitrogens with one attached hydrogen (secondary N) is 3. The van der Waals surface area contributed by atoms with Crippen LogP contribution < -0.4 is 10.6 Å². The monoisotopic (exact) mass is 365 g/mol. The summed E-state index contributed by atoms with van der Waals surface area (Å²) in [6.07, 6.45) is 0. The van der Waals surface area contributed by atoms with E-state index in [0.717, 1.165) is 11.3 Å². The summed E-state index contributed by atoms with van der Waals surface area (Å²) in [6.45, 7) is 0. The van der Waals surface area contributed by atoms with Crippen molar-refractivity contribution in [2.75, 3.05) is 17.7 Å². The highest BCUT2D eigenvalue weighted by Gasteiger charge is 2.17. The van der Waals surface area contributed by atoms with Gasteiger partial charge in [0, 0.05) is 24.0 Å². The smallest absolute Gasteiger partial charge is 0.206 e. The first-order valence-corrected chi connectivity index (χ1v) is 9.53. The fourth-order valence-electron chi connectivity index (χ4n) is 2.58. The first kappa shape index (κ1) is 17.7. The van der Waals surface area contributed by atoms with E-state index in [0.29, 0.717) is 5.69 Å². The number of para-hydroxylation sites is 1. The fourth-order valence-corrected chi connectivity index (χ4v) is 3.87. The van der Waals surface area contributed by atoms with Crippen LogP contribution in [0.5, 0.6) is 0 Å². The molecular formula is C20H19N3O2S. The van der Waals surface area contributed by atoms with Gasteiger partial charge in [-0.2, -0.15) is 0 Å². The van der Waals surface area contributed by atoms with Gasteiger partial charge < -0.3 is 10.6 Å². The third kappa shape index (κ3) is 3.60. The number of amidine groups is 1. The van der Waals surface area contributed by atoms with Crippen molar-refractivity contribution < 1.29 is 8.42 Å². The second kappa shape index (κ2) is 7.41. The summed E-state index contributed by atoms with van der Waals surface area (Å²) >= 11 is 0. The lowest BCUT2D eigenvalue weighted by molar-refractivity contribution is 0.596. The number of rotatable bonds is 5. The molecule has 3 aromatic rings. The van der Waals surface area contributed by atoms with Gasteiger partial charge in [-0.25, -0.2) is 8.42 Å². The van der Waals surface area contributed by atoms with E-state index in [9.17, 15) is 8.42 Å². The predicted octanol–water partition coefficient (Wildman–Crippen LogP) is 4.00. The van der Waals surface area contributed by atoms with Crippen molar-refractivity contribution in [2.24, 2.45) is 0 Å². The Morgan fingerprint density at radius 1 is 0.808 bits per heavy atom. The Balaban J connectivity index is 1.81. The van der Waals surface area contributed by atoms with Crippen molar-refractivity contribution in [3.63, 3.8) is 0 Å². The van der Waals surface area contributed by atoms with Crippen molar-refractivity contribution >= 4 is 27.0 Å². The van der Waals surface area contributed by atoms with Crippen molar-refractivity contribution in [1.82, 2.24) is 0 Å². The van der Waals surface area contributed by atoms with E-state index < -0.39 is 9.84 Å². The number of sulfone groups is 1. The zero-order valence-electron chi connectivity index (χ0n) is 14.2. The van der Waals surface area contributed by atoms with Gasteiger partial charge in [0.2, 0.25) is 9.84 Å². The minimum absolute atomic E-state index is 0.219. The molecule has 0 unspecified atom stereocenters. The summed E-state index contributed by atoms with van der Waals surface area (Å²) in [4.78, 5) is 0.479. The third-order valence-electron chi connectivity index (χ3n) is 3.95. The molecule has 0 saturated heterocycles. The van der Waals surface area contributed by atoms with Gasteiger partial charge >= 0.3 is 0 Å². The minimum Gasteiger partial charge on any atom is -0.388 e. The van der Waals surface area contributed by atoms with Crippen molar-refractivity contribution in [3.8, 4) is 0 Å². The molecule has 132 valence electrons. The van der Waals surface area contributed by atoms with Crippen LogP contribution in [0.15, 0.2) is 88.7 Å². The normalized spacial score (nSPS) is 11.0. The van der Waals surface area contributed by atoms with Crippen LogP contribution in [0.4, 0.5) is 11.4 Å². The summed E-state index contributed by atoms with van der Waals surface area (Å²) in [7, 11) is -1.74. The van der Waals surface area contributed by atoms with Crippen LogP contribution in [-0.2, 0) is 9.84 Å². The van der Waals surface area contributed by atoms with E-state index >= 15 is 0 Å². The van der Waals surface area contributed by atoms with Gasteiger partial charge in [0.15, 0.2) is 0 Å². The van der Waals surface area contributed by atoms with Crippen LogP contribution in [-0.4, -0.2) is 21.3 Å². The van der Waals surface area contributed by atoms with E-state index in [1.54, 1.807) is 61.6 Å². The molecule has 0 fully saturated rings. The standard InChI is InChI=1S/C20H19N3O2S/c1-22-19-10-6-5-9-18(19)20(21)23-15-11-13-17(14-12-15)26(24,25)16-7-3-2-4-8-16/h2-14,22H,1H3,(H2,21,23). The summed E-state index contributed by atoms with van der Waals surface area (Å²) in [5.74, 6) is 0.230. The average molecular weight is 365 g/mol. The minimum atomic E-state index is -3.54. The Kier molecular flexibility index (Phi) is 5.04. The molecule has 0 radical (unpaired) electrons. The average Bonchev–Trinajstić information content (AvgIpc) is 2.69. The molecular weight excluding hydrogens is 346 g/mol. The maximum atomic E-state index is 12.6. The Morgan fingerprint density at radius 3 is 2.04 bits per heavy atom. The summed E-state index contributed by atoms with van der Waals surface area (Å²) in [6, 6.07) is 22.2. The molecule has 5 nitrogen and oxygen atoms in total. The maximum Gasteiger partial charge on any atom is 0.206 e. The summed E-state index contributed by atoms with van der Waals surface area (Å²) in [5.41, 5.74) is 2.22. The molecule has 0 spiro atoms. The predicted molar refractivity (Wildman–Crippen MR) is 105 cm³/mol. The topological polar surface area (TPSA) is 82.1 Å². The highest BCUT2D eigenvalue weighted by atomic mass is 32.2. The van der Waals surface area contributed by atoms with Crippen molar-refractivity contribution in [3.05, 3.63) is 84.4 Å². The maximum absolute atomic E-state index is 12.6. The van der Waals surface area contributed by atoms with Crippen molar-refractivity contribution in [1.29, 1.82) is 5.41 Å². The van der Waals surface area contributed by atoms with Crippen molar-refractivity contribution in [2.45, 2.75) is 9.79 Å². The lowest BCUT2D eigenvalue weighted by Gasteiger charge is -2.12. The molecule has 0 aliphatic rings. The number of anilines is 2.